The van der Waals surface area contributed by atoms with Crippen LogP contribution < -0.4 is 0 Å². The maximum atomic E-state index is 10.9. The lowest BCUT2D eigenvalue weighted by Gasteiger charge is -2.44. The highest BCUT2D eigenvalue weighted by Crippen LogP contribution is 2.46. The van der Waals surface area contributed by atoms with Crippen molar-refractivity contribution in [2.45, 2.75) is 84.2 Å². The molecule has 3 rings (SSSR count). The van der Waals surface area contributed by atoms with Crippen molar-refractivity contribution in [3.63, 3.8) is 0 Å². The van der Waals surface area contributed by atoms with Crippen LogP contribution in [0.1, 0.15) is 78.1 Å². The van der Waals surface area contributed by atoms with Gasteiger partial charge >= 0.3 is 0 Å². The first-order chi connectivity index (χ1) is 9.63. The first-order valence-corrected chi connectivity index (χ1v) is 9.31. The summed E-state index contributed by atoms with van der Waals surface area (Å²) in [6.45, 7) is 4.76. The molecule has 1 N–H and O–H groups in total. The molecule has 0 aromatic heterocycles. The van der Waals surface area contributed by atoms with Gasteiger partial charge < -0.3 is 5.11 Å². The summed E-state index contributed by atoms with van der Waals surface area (Å²) in [7, 11) is 0. The van der Waals surface area contributed by atoms with Crippen LogP contribution in [0.4, 0.5) is 0 Å². The fraction of sp³-hybridized carbons (Fsp3) is 1.00. The van der Waals surface area contributed by atoms with Crippen LogP contribution >= 0.6 is 0 Å². The molecule has 0 bridgehead atoms. The Balaban J connectivity index is 1.58. The predicted molar refractivity (Wildman–Crippen MR) is 84.5 cm³/mol. The van der Waals surface area contributed by atoms with Gasteiger partial charge in [0.1, 0.15) is 0 Å². The zero-order valence-electron chi connectivity index (χ0n) is 13.6. The Bertz CT molecular complexity index is 303. The highest BCUT2D eigenvalue weighted by atomic mass is 16.3. The molecule has 3 saturated carbocycles. The van der Waals surface area contributed by atoms with E-state index >= 15 is 0 Å². The van der Waals surface area contributed by atoms with E-state index in [-0.39, 0.29) is 6.10 Å². The van der Waals surface area contributed by atoms with Crippen LogP contribution in [-0.2, 0) is 0 Å². The Labute approximate surface area is 125 Å². The number of fused-ring (bicyclic) bond motifs is 1. The van der Waals surface area contributed by atoms with Crippen LogP contribution in [0, 0.1) is 35.5 Å². The Morgan fingerprint density at radius 1 is 0.700 bits per heavy atom. The fourth-order valence-electron chi connectivity index (χ4n) is 5.89. The highest BCUT2D eigenvalue weighted by Gasteiger charge is 2.38. The van der Waals surface area contributed by atoms with Crippen LogP contribution in [0.25, 0.3) is 0 Å². The molecule has 0 aliphatic heterocycles. The molecule has 6 unspecified atom stereocenters. The number of aliphatic hydroxyl groups is 1. The molecule has 0 radical (unpaired) electrons. The second kappa shape index (κ2) is 6.38. The molecule has 0 spiro atoms. The van der Waals surface area contributed by atoms with E-state index in [9.17, 15) is 5.11 Å². The summed E-state index contributed by atoms with van der Waals surface area (Å²) in [5.41, 5.74) is 0. The van der Waals surface area contributed by atoms with Crippen molar-refractivity contribution in [2.24, 2.45) is 35.5 Å². The van der Waals surface area contributed by atoms with Crippen molar-refractivity contribution in [2.75, 3.05) is 0 Å². The fourth-order valence-corrected chi connectivity index (χ4v) is 5.89. The second-order valence-electron chi connectivity index (χ2n) is 8.55. The molecule has 20 heavy (non-hydrogen) atoms. The summed E-state index contributed by atoms with van der Waals surface area (Å²) >= 11 is 0. The van der Waals surface area contributed by atoms with E-state index in [1.54, 1.807) is 0 Å². The van der Waals surface area contributed by atoms with Gasteiger partial charge in [-0.3, -0.25) is 0 Å². The lowest BCUT2D eigenvalue weighted by Crippen LogP contribution is -2.39. The average molecular weight is 278 g/mol. The zero-order chi connectivity index (χ0) is 14.1. The number of hydrogen-bond acceptors (Lipinski definition) is 1. The topological polar surface area (TPSA) is 20.2 Å². The molecule has 3 aliphatic rings. The van der Waals surface area contributed by atoms with Crippen LogP contribution in [0.3, 0.4) is 0 Å². The normalized spacial score (nSPS) is 47.5. The van der Waals surface area contributed by atoms with Gasteiger partial charge in [-0.05, 0) is 74.0 Å². The standard InChI is InChI=1S/C19H34O/c1-13-9-14(2)11-18(10-13)19(20)17-8-7-15-5-3-4-6-16(15)12-17/h13-20H,3-12H2,1-2H3. The van der Waals surface area contributed by atoms with Crippen molar-refractivity contribution < 1.29 is 5.11 Å². The second-order valence-corrected chi connectivity index (χ2v) is 8.55. The summed E-state index contributed by atoms with van der Waals surface area (Å²) in [6, 6.07) is 0. The molecule has 3 fully saturated rings. The van der Waals surface area contributed by atoms with Crippen molar-refractivity contribution in [3.8, 4) is 0 Å². The Kier molecular flexibility index (Phi) is 4.75. The molecule has 0 aromatic rings. The Morgan fingerprint density at radius 2 is 1.35 bits per heavy atom. The van der Waals surface area contributed by atoms with E-state index in [1.807, 2.05) is 0 Å². The first-order valence-electron chi connectivity index (χ1n) is 9.31. The SMILES string of the molecule is CC1CC(C)CC(C(O)C2CCC3CCCCC3C2)C1. The molecular weight excluding hydrogens is 244 g/mol. The summed E-state index contributed by atoms with van der Waals surface area (Å²) in [4.78, 5) is 0. The van der Waals surface area contributed by atoms with Gasteiger partial charge in [0.15, 0.2) is 0 Å². The summed E-state index contributed by atoms with van der Waals surface area (Å²) < 4.78 is 0. The van der Waals surface area contributed by atoms with Gasteiger partial charge in [-0.1, -0.05) is 39.5 Å². The van der Waals surface area contributed by atoms with Gasteiger partial charge in [0.2, 0.25) is 0 Å². The van der Waals surface area contributed by atoms with E-state index < -0.39 is 0 Å². The minimum Gasteiger partial charge on any atom is -0.393 e. The van der Waals surface area contributed by atoms with E-state index in [0.29, 0.717) is 11.8 Å². The smallest absolute Gasteiger partial charge is 0.0596 e. The minimum absolute atomic E-state index is 0.00285. The monoisotopic (exact) mass is 278 g/mol. The van der Waals surface area contributed by atoms with Crippen LogP contribution in [0.15, 0.2) is 0 Å². The molecule has 3 aliphatic carbocycles. The lowest BCUT2D eigenvalue weighted by molar-refractivity contribution is -0.0219. The van der Waals surface area contributed by atoms with Crippen molar-refractivity contribution in [1.82, 2.24) is 0 Å². The van der Waals surface area contributed by atoms with E-state index in [2.05, 4.69) is 13.8 Å². The summed E-state index contributed by atoms with van der Waals surface area (Å²) in [5, 5.41) is 10.9. The number of rotatable bonds is 2. The highest BCUT2D eigenvalue weighted by molar-refractivity contribution is 4.89. The average Bonchev–Trinajstić information content (AvgIpc) is 2.45. The molecular formula is C19H34O. The third-order valence-electron chi connectivity index (χ3n) is 6.76. The summed E-state index contributed by atoms with van der Waals surface area (Å²) in [5.74, 6) is 4.83. The van der Waals surface area contributed by atoms with Gasteiger partial charge in [-0.2, -0.15) is 0 Å². The predicted octanol–water partition coefficient (Wildman–Crippen LogP) is 5.03. The van der Waals surface area contributed by atoms with Crippen molar-refractivity contribution in [3.05, 3.63) is 0 Å². The van der Waals surface area contributed by atoms with Gasteiger partial charge in [0.25, 0.3) is 0 Å². The summed E-state index contributed by atoms with van der Waals surface area (Å²) in [6.07, 6.45) is 13.8. The Morgan fingerprint density at radius 3 is 2.05 bits per heavy atom. The van der Waals surface area contributed by atoms with E-state index in [1.165, 1.54) is 64.2 Å². The molecule has 0 saturated heterocycles. The maximum absolute atomic E-state index is 10.9. The molecule has 0 aromatic carbocycles. The maximum Gasteiger partial charge on any atom is 0.0596 e. The number of aliphatic hydroxyl groups excluding tert-OH is 1. The van der Waals surface area contributed by atoms with Crippen molar-refractivity contribution in [1.29, 1.82) is 0 Å². The Hall–Kier alpha value is -0.0400. The number of hydrogen-bond donors (Lipinski definition) is 1. The van der Waals surface area contributed by atoms with Crippen LogP contribution in [-0.4, -0.2) is 11.2 Å². The van der Waals surface area contributed by atoms with Gasteiger partial charge in [0.05, 0.1) is 6.10 Å². The molecule has 1 heteroatoms. The van der Waals surface area contributed by atoms with E-state index in [0.717, 1.165) is 23.7 Å². The third kappa shape index (κ3) is 3.24. The van der Waals surface area contributed by atoms with E-state index in [4.69, 9.17) is 0 Å². The zero-order valence-corrected chi connectivity index (χ0v) is 13.6. The minimum atomic E-state index is 0.00285. The van der Waals surface area contributed by atoms with Crippen LogP contribution in [0.5, 0.6) is 0 Å². The van der Waals surface area contributed by atoms with Gasteiger partial charge in [-0.15, -0.1) is 0 Å². The molecule has 1 nitrogen and oxygen atoms in total. The largest absolute Gasteiger partial charge is 0.393 e. The molecule has 0 heterocycles. The van der Waals surface area contributed by atoms with Gasteiger partial charge in [-0.25, -0.2) is 0 Å². The molecule has 6 atom stereocenters. The molecule has 116 valence electrons. The lowest BCUT2D eigenvalue weighted by atomic mass is 9.63. The quantitative estimate of drug-likeness (QED) is 0.751. The van der Waals surface area contributed by atoms with Crippen LogP contribution in [0.2, 0.25) is 0 Å². The third-order valence-corrected chi connectivity index (χ3v) is 6.76. The molecule has 0 amide bonds. The van der Waals surface area contributed by atoms with Gasteiger partial charge in [0, 0.05) is 0 Å². The van der Waals surface area contributed by atoms with Crippen molar-refractivity contribution >= 4 is 0 Å². The first kappa shape index (κ1) is 14.9.